The molecule has 4 heteroatoms. The SMILES string of the molecule is CCC1CN(CC(C)(C)N)CCCO1.Cl. The number of hydrogen-bond donors (Lipinski definition) is 1. The second-order valence-corrected chi connectivity index (χ2v) is 4.98. The standard InChI is InChI=1S/C11H24N2O.ClH/c1-4-10-8-13(6-5-7-14-10)9-11(2,3)12;/h10H,4-9,12H2,1-3H3;1H. The first-order chi connectivity index (χ1) is 6.51. The maximum Gasteiger partial charge on any atom is 0.0699 e. The van der Waals surface area contributed by atoms with Crippen LogP contribution in [-0.4, -0.2) is 42.8 Å². The zero-order valence-electron chi connectivity index (χ0n) is 10.2. The lowest BCUT2D eigenvalue weighted by Gasteiger charge is -2.30. The molecule has 92 valence electrons. The lowest BCUT2D eigenvalue weighted by atomic mass is 10.1. The second kappa shape index (κ2) is 6.69. The molecule has 1 fully saturated rings. The summed E-state index contributed by atoms with van der Waals surface area (Å²) in [6, 6.07) is 0. The maximum absolute atomic E-state index is 6.02. The molecular formula is C11H25ClN2O. The molecule has 1 unspecified atom stereocenters. The van der Waals surface area contributed by atoms with Crippen LogP contribution in [0.1, 0.15) is 33.6 Å². The quantitative estimate of drug-likeness (QED) is 0.810. The van der Waals surface area contributed by atoms with Crippen LogP contribution in [0, 0.1) is 0 Å². The van der Waals surface area contributed by atoms with Crippen LogP contribution < -0.4 is 5.73 Å². The van der Waals surface area contributed by atoms with Gasteiger partial charge in [0.2, 0.25) is 0 Å². The van der Waals surface area contributed by atoms with E-state index in [4.69, 9.17) is 10.5 Å². The average Bonchev–Trinajstić information content (AvgIpc) is 2.26. The van der Waals surface area contributed by atoms with Crippen molar-refractivity contribution in [3.05, 3.63) is 0 Å². The molecule has 1 aliphatic heterocycles. The predicted octanol–water partition coefficient (Wildman–Crippen LogP) is 1.65. The fourth-order valence-electron chi connectivity index (χ4n) is 1.94. The van der Waals surface area contributed by atoms with E-state index in [-0.39, 0.29) is 17.9 Å². The van der Waals surface area contributed by atoms with Crippen molar-refractivity contribution in [1.82, 2.24) is 4.90 Å². The Morgan fingerprint density at radius 2 is 2.13 bits per heavy atom. The van der Waals surface area contributed by atoms with Gasteiger partial charge in [-0.25, -0.2) is 0 Å². The smallest absolute Gasteiger partial charge is 0.0699 e. The van der Waals surface area contributed by atoms with Gasteiger partial charge >= 0.3 is 0 Å². The van der Waals surface area contributed by atoms with Crippen LogP contribution >= 0.6 is 12.4 Å². The topological polar surface area (TPSA) is 38.5 Å². The van der Waals surface area contributed by atoms with E-state index in [2.05, 4.69) is 25.7 Å². The summed E-state index contributed by atoms with van der Waals surface area (Å²) in [6.45, 7) is 10.4. The van der Waals surface area contributed by atoms with Crippen LogP contribution in [0.4, 0.5) is 0 Å². The summed E-state index contributed by atoms with van der Waals surface area (Å²) in [6.07, 6.45) is 2.63. The fourth-order valence-corrected chi connectivity index (χ4v) is 1.94. The zero-order valence-corrected chi connectivity index (χ0v) is 11.0. The molecule has 1 atom stereocenters. The predicted molar refractivity (Wildman–Crippen MR) is 66.6 cm³/mol. The first-order valence-electron chi connectivity index (χ1n) is 5.64. The third-order valence-corrected chi connectivity index (χ3v) is 2.52. The van der Waals surface area contributed by atoms with E-state index in [0.717, 1.165) is 39.1 Å². The van der Waals surface area contributed by atoms with Crippen molar-refractivity contribution in [3.8, 4) is 0 Å². The number of halogens is 1. The Morgan fingerprint density at radius 3 is 2.67 bits per heavy atom. The first kappa shape index (κ1) is 15.2. The summed E-state index contributed by atoms with van der Waals surface area (Å²) in [5.74, 6) is 0. The molecule has 2 N–H and O–H groups in total. The normalized spacial score (nSPS) is 24.4. The van der Waals surface area contributed by atoms with Crippen LogP contribution in [0.15, 0.2) is 0 Å². The Balaban J connectivity index is 0.00000196. The number of nitrogens with zero attached hydrogens (tertiary/aromatic N) is 1. The minimum Gasteiger partial charge on any atom is -0.377 e. The molecule has 0 aromatic rings. The molecular weight excluding hydrogens is 212 g/mol. The van der Waals surface area contributed by atoms with Gasteiger partial charge < -0.3 is 10.5 Å². The number of hydrogen-bond acceptors (Lipinski definition) is 3. The molecule has 0 aromatic heterocycles. The van der Waals surface area contributed by atoms with Crippen LogP contribution in [0.5, 0.6) is 0 Å². The molecule has 1 heterocycles. The summed E-state index contributed by atoms with van der Waals surface area (Å²) >= 11 is 0. The van der Waals surface area contributed by atoms with E-state index in [0.29, 0.717) is 6.10 Å². The molecule has 0 spiro atoms. The highest BCUT2D eigenvalue weighted by molar-refractivity contribution is 5.85. The molecule has 0 radical (unpaired) electrons. The Labute approximate surface area is 99.7 Å². The van der Waals surface area contributed by atoms with Gasteiger partial charge in [-0.2, -0.15) is 0 Å². The van der Waals surface area contributed by atoms with Crippen LogP contribution in [-0.2, 0) is 4.74 Å². The molecule has 0 amide bonds. The van der Waals surface area contributed by atoms with Gasteiger partial charge in [-0.15, -0.1) is 12.4 Å². The van der Waals surface area contributed by atoms with Crippen molar-refractivity contribution in [2.24, 2.45) is 5.73 Å². The molecule has 3 nitrogen and oxygen atoms in total. The number of ether oxygens (including phenoxy) is 1. The highest BCUT2D eigenvalue weighted by Gasteiger charge is 2.21. The van der Waals surface area contributed by atoms with Gasteiger partial charge in [0, 0.05) is 31.8 Å². The fraction of sp³-hybridized carbons (Fsp3) is 1.00. The molecule has 1 rings (SSSR count). The van der Waals surface area contributed by atoms with Gasteiger partial charge in [0.25, 0.3) is 0 Å². The third kappa shape index (κ3) is 6.36. The van der Waals surface area contributed by atoms with Gasteiger partial charge in [0.15, 0.2) is 0 Å². The van der Waals surface area contributed by atoms with Gasteiger partial charge in [-0.3, -0.25) is 4.90 Å². The summed E-state index contributed by atoms with van der Waals surface area (Å²) in [5.41, 5.74) is 5.93. The lowest BCUT2D eigenvalue weighted by Crippen LogP contribution is -2.47. The van der Waals surface area contributed by atoms with Gasteiger partial charge in [0.05, 0.1) is 6.10 Å². The van der Waals surface area contributed by atoms with E-state index in [1.807, 2.05) is 0 Å². The third-order valence-electron chi connectivity index (χ3n) is 2.52. The molecule has 0 saturated carbocycles. The van der Waals surface area contributed by atoms with Gasteiger partial charge in [-0.1, -0.05) is 6.92 Å². The van der Waals surface area contributed by atoms with E-state index in [9.17, 15) is 0 Å². The molecule has 0 bridgehead atoms. The zero-order chi connectivity index (χ0) is 10.6. The monoisotopic (exact) mass is 236 g/mol. The van der Waals surface area contributed by atoms with E-state index in [1.54, 1.807) is 0 Å². The Bertz CT molecular complexity index is 170. The highest BCUT2D eigenvalue weighted by atomic mass is 35.5. The van der Waals surface area contributed by atoms with Crippen molar-refractivity contribution < 1.29 is 4.74 Å². The van der Waals surface area contributed by atoms with Gasteiger partial charge in [0.1, 0.15) is 0 Å². The summed E-state index contributed by atoms with van der Waals surface area (Å²) < 4.78 is 5.71. The Kier molecular flexibility index (Phi) is 6.76. The largest absolute Gasteiger partial charge is 0.377 e. The number of rotatable bonds is 3. The maximum atomic E-state index is 6.02. The van der Waals surface area contributed by atoms with Crippen molar-refractivity contribution in [3.63, 3.8) is 0 Å². The van der Waals surface area contributed by atoms with E-state index >= 15 is 0 Å². The Hall–Kier alpha value is 0.170. The minimum absolute atomic E-state index is 0. The Morgan fingerprint density at radius 1 is 1.47 bits per heavy atom. The van der Waals surface area contributed by atoms with E-state index in [1.165, 1.54) is 0 Å². The highest BCUT2D eigenvalue weighted by Crippen LogP contribution is 2.11. The summed E-state index contributed by atoms with van der Waals surface area (Å²) in [4.78, 5) is 2.43. The van der Waals surface area contributed by atoms with Gasteiger partial charge in [-0.05, 0) is 26.7 Å². The van der Waals surface area contributed by atoms with Crippen molar-refractivity contribution >= 4 is 12.4 Å². The summed E-state index contributed by atoms with van der Waals surface area (Å²) in [7, 11) is 0. The first-order valence-corrected chi connectivity index (χ1v) is 5.64. The second-order valence-electron chi connectivity index (χ2n) is 4.98. The molecule has 15 heavy (non-hydrogen) atoms. The van der Waals surface area contributed by atoms with Crippen LogP contribution in [0.3, 0.4) is 0 Å². The molecule has 0 aromatic carbocycles. The minimum atomic E-state index is -0.0946. The number of nitrogens with two attached hydrogens (primary N) is 1. The van der Waals surface area contributed by atoms with Crippen molar-refractivity contribution in [1.29, 1.82) is 0 Å². The summed E-state index contributed by atoms with van der Waals surface area (Å²) in [5, 5.41) is 0. The molecule has 1 saturated heterocycles. The van der Waals surface area contributed by atoms with Crippen molar-refractivity contribution in [2.45, 2.75) is 45.3 Å². The van der Waals surface area contributed by atoms with Crippen LogP contribution in [0.25, 0.3) is 0 Å². The molecule has 0 aliphatic carbocycles. The van der Waals surface area contributed by atoms with E-state index < -0.39 is 0 Å². The lowest BCUT2D eigenvalue weighted by molar-refractivity contribution is 0.0498. The van der Waals surface area contributed by atoms with Crippen LogP contribution in [0.2, 0.25) is 0 Å². The molecule has 1 aliphatic rings. The average molecular weight is 237 g/mol. The van der Waals surface area contributed by atoms with Crippen molar-refractivity contribution in [2.75, 3.05) is 26.2 Å².